The molecule has 2 aromatic rings. The molecule has 0 fully saturated rings. The Morgan fingerprint density at radius 3 is 2.91 bits per heavy atom. The first-order chi connectivity index (χ1) is 11.1. The number of carbonyl (C=O) groups excluding carboxylic acids is 2. The van der Waals surface area contributed by atoms with E-state index in [4.69, 9.17) is 0 Å². The molecule has 0 bridgehead atoms. The number of aromatic nitrogens is 1. The van der Waals surface area contributed by atoms with Crippen molar-refractivity contribution in [2.75, 3.05) is 30.4 Å². The summed E-state index contributed by atoms with van der Waals surface area (Å²) in [7, 11) is 3.74. The molecule has 1 aliphatic rings. The second kappa shape index (κ2) is 6.37. The largest absolute Gasteiger partial charge is 0.363 e. The molecule has 1 aliphatic heterocycles. The number of urea groups is 1. The van der Waals surface area contributed by atoms with Crippen LogP contribution in [0.15, 0.2) is 29.6 Å². The van der Waals surface area contributed by atoms with Crippen LogP contribution in [0.4, 0.5) is 16.3 Å². The van der Waals surface area contributed by atoms with Gasteiger partial charge in [-0.15, -0.1) is 11.3 Å². The molecular weight excluding hydrogens is 312 g/mol. The van der Waals surface area contributed by atoms with Crippen LogP contribution in [0.2, 0.25) is 0 Å². The van der Waals surface area contributed by atoms with Gasteiger partial charge in [-0.05, 0) is 23.6 Å². The number of carbonyl (C=O) groups is 2. The van der Waals surface area contributed by atoms with Crippen LogP contribution < -0.4 is 15.1 Å². The topological polar surface area (TPSA) is 65.5 Å². The van der Waals surface area contributed by atoms with Gasteiger partial charge in [0.15, 0.2) is 5.78 Å². The summed E-state index contributed by atoms with van der Waals surface area (Å²) in [4.78, 5) is 33.5. The third-order valence-electron chi connectivity index (χ3n) is 3.67. The number of nitrogens with one attached hydrogen (secondary N) is 1. The zero-order chi connectivity index (χ0) is 16.4. The summed E-state index contributed by atoms with van der Waals surface area (Å²) >= 11 is 1.60. The molecule has 0 saturated heterocycles. The van der Waals surface area contributed by atoms with E-state index in [2.05, 4.69) is 10.3 Å². The fourth-order valence-corrected chi connectivity index (χ4v) is 3.09. The van der Waals surface area contributed by atoms with Gasteiger partial charge in [-0.1, -0.05) is 6.07 Å². The Hall–Kier alpha value is -2.41. The van der Waals surface area contributed by atoms with E-state index in [0.717, 1.165) is 4.88 Å². The average molecular weight is 330 g/mol. The predicted octanol–water partition coefficient (Wildman–Crippen LogP) is 2.51. The molecule has 3 heterocycles. The molecule has 0 aromatic carbocycles. The molecule has 23 heavy (non-hydrogen) atoms. The molecule has 0 atom stereocenters. The summed E-state index contributed by atoms with van der Waals surface area (Å²) < 4.78 is 0. The smallest absolute Gasteiger partial charge is 0.322 e. The molecule has 0 saturated carbocycles. The zero-order valence-electron chi connectivity index (χ0n) is 13.1. The number of hydrogen-bond acceptors (Lipinski definition) is 5. The van der Waals surface area contributed by atoms with Crippen molar-refractivity contribution in [1.29, 1.82) is 0 Å². The van der Waals surface area contributed by atoms with E-state index in [9.17, 15) is 9.59 Å². The van der Waals surface area contributed by atoms with Crippen LogP contribution in [0.3, 0.4) is 0 Å². The zero-order valence-corrected chi connectivity index (χ0v) is 13.9. The molecule has 3 rings (SSSR count). The van der Waals surface area contributed by atoms with E-state index >= 15 is 0 Å². The standard InChI is InChI=1S/C16H18N4O2S/c1-19(2)14-6-5-12-15(18-14)13(21)7-8-20(12)16(22)17-10-11-4-3-9-23-11/h3-6,9H,7-8,10H2,1-2H3,(H,17,22). The number of rotatable bonds is 3. The van der Waals surface area contributed by atoms with Crippen molar-refractivity contribution in [2.45, 2.75) is 13.0 Å². The van der Waals surface area contributed by atoms with Gasteiger partial charge in [-0.2, -0.15) is 0 Å². The van der Waals surface area contributed by atoms with Gasteiger partial charge in [-0.3, -0.25) is 9.69 Å². The first-order valence-electron chi connectivity index (χ1n) is 7.35. The van der Waals surface area contributed by atoms with Gasteiger partial charge >= 0.3 is 6.03 Å². The molecule has 0 radical (unpaired) electrons. The van der Waals surface area contributed by atoms with Crippen LogP contribution in [-0.2, 0) is 6.54 Å². The monoisotopic (exact) mass is 330 g/mol. The van der Waals surface area contributed by atoms with Gasteiger partial charge in [0.2, 0.25) is 0 Å². The van der Waals surface area contributed by atoms with Crippen LogP contribution in [0.1, 0.15) is 21.8 Å². The Morgan fingerprint density at radius 2 is 2.22 bits per heavy atom. The van der Waals surface area contributed by atoms with E-state index in [1.165, 1.54) is 0 Å². The van der Waals surface area contributed by atoms with Crippen molar-refractivity contribution in [1.82, 2.24) is 10.3 Å². The molecule has 1 N–H and O–H groups in total. The minimum Gasteiger partial charge on any atom is -0.363 e. The Bertz CT molecular complexity index is 728. The number of ketones is 1. The third-order valence-corrected chi connectivity index (χ3v) is 4.55. The van der Waals surface area contributed by atoms with Crippen LogP contribution in [0, 0.1) is 0 Å². The normalized spacial score (nSPS) is 13.7. The minimum absolute atomic E-state index is 0.0222. The lowest BCUT2D eigenvalue weighted by Crippen LogP contribution is -2.44. The predicted molar refractivity (Wildman–Crippen MR) is 91.4 cm³/mol. The first-order valence-corrected chi connectivity index (χ1v) is 8.23. The second-order valence-electron chi connectivity index (χ2n) is 5.49. The average Bonchev–Trinajstić information content (AvgIpc) is 3.06. The number of pyridine rings is 1. The number of nitrogens with zero attached hydrogens (tertiary/aromatic N) is 3. The highest BCUT2D eigenvalue weighted by molar-refractivity contribution is 7.09. The summed E-state index contributed by atoms with van der Waals surface area (Å²) in [5.41, 5.74) is 0.948. The van der Waals surface area contributed by atoms with E-state index in [1.54, 1.807) is 22.3 Å². The molecule has 7 heteroatoms. The fourth-order valence-electron chi connectivity index (χ4n) is 2.45. The van der Waals surface area contributed by atoms with Crippen molar-refractivity contribution in [3.8, 4) is 0 Å². The minimum atomic E-state index is -0.202. The van der Waals surface area contributed by atoms with Crippen molar-refractivity contribution in [2.24, 2.45) is 0 Å². The summed E-state index contributed by atoms with van der Waals surface area (Å²) in [6, 6.07) is 7.33. The molecule has 2 amide bonds. The van der Waals surface area contributed by atoms with Crippen molar-refractivity contribution < 1.29 is 9.59 Å². The molecule has 6 nitrogen and oxygen atoms in total. The number of thiophene rings is 1. The van der Waals surface area contributed by atoms with Crippen LogP contribution in [0.5, 0.6) is 0 Å². The molecule has 0 aliphatic carbocycles. The highest BCUT2D eigenvalue weighted by atomic mass is 32.1. The lowest BCUT2D eigenvalue weighted by atomic mass is 10.1. The van der Waals surface area contributed by atoms with E-state index < -0.39 is 0 Å². The van der Waals surface area contributed by atoms with Crippen molar-refractivity contribution >= 4 is 34.7 Å². The lowest BCUT2D eigenvalue weighted by molar-refractivity contribution is 0.0976. The van der Waals surface area contributed by atoms with Gasteiger partial charge in [-0.25, -0.2) is 9.78 Å². The Labute approximate surface area is 138 Å². The van der Waals surface area contributed by atoms with Crippen LogP contribution in [0.25, 0.3) is 0 Å². The SMILES string of the molecule is CN(C)c1ccc2c(n1)C(=O)CCN2C(=O)NCc1cccs1. The molecule has 120 valence electrons. The molecule has 0 spiro atoms. The Kier molecular flexibility index (Phi) is 4.29. The van der Waals surface area contributed by atoms with E-state index in [-0.39, 0.29) is 11.8 Å². The maximum Gasteiger partial charge on any atom is 0.322 e. The van der Waals surface area contributed by atoms with Crippen molar-refractivity contribution in [3.05, 3.63) is 40.2 Å². The highest BCUT2D eigenvalue weighted by Gasteiger charge is 2.29. The van der Waals surface area contributed by atoms with E-state index in [0.29, 0.717) is 36.7 Å². The van der Waals surface area contributed by atoms with Gasteiger partial charge in [0.25, 0.3) is 0 Å². The number of hydrogen-bond donors (Lipinski definition) is 1. The van der Waals surface area contributed by atoms with Crippen molar-refractivity contribution in [3.63, 3.8) is 0 Å². The summed E-state index contributed by atoms with van der Waals surface area (Å²) in [6.07, 6.45) is 0.295. The van der Waals surface area contributed by atoms with Gasteiger partial charge < -0.3 is 10.2 Å². The Morgan fingerprint density at radius 1 is 1.39 bits per heavy atom. The summed E-state index contributed by atoms with van der Waals surface area (Å²) in [5, 5.41) is 4.87. The number of amides is 2. The number of anilines is 2. The molecule has 2 aromatic heterocycles. The van der Waals surface area contributed by atoms with E-state index in [1.807, 2.05) is 42.6 Å². The first kappa shape index (κ1) is 15.5. The second-order valence-corrected chi connectivity index (χ2v) is 6.53. The molecule has 0 unspecified atom stereocenters. The van der Waals surface area contributed by atoms with Gasteiger partial charge in [0, 0.05) is 31.9 Å². The lowest BCUT2D eigenvalue weighted by Gasteiger charge is -2.28. The maximum absolute atomic E-state index is 12.5. The number of Topliss-reactive ketones (excluding diaryl/α,β-unsaturated/α-hetero) is 1. The summed E-state index contributed by atoms with van der Waals surface area (Å²) in [5.74, 6) is 0.684. The Balaban J connectivity index is 1.81. The quantitative estimate of drug-likeness (QED) is 0.939. The third kappa shape index (κ3) is 3.19. The molecular formula is C16H18N4O2S. The summed E-state index contributed by atoms with van der Waals surface area (Å²) in [6.45, 7) is 0.866. The van der Waals surface area contributed by atoms with Gasteiger partial charge in [0.05, 0.1) is 12.2 Å². The number of fused-ring (bicyclic) bond motifs is 1. The van der Waals surface area contributed by atoms with Crippen LogP contribution >= 0.6 is 11.3 Å². The fraction of sp³-hybridized carbons (Fsp3) is 0.312. The van der Waals surface area contributed by atoms with Gasteiger partial charge in [0.1, 0.15) is 11.5 Å². The maximum atomic E-state index is 12.5. The highest BCUT2D eigenvalue weighted by Crippen LogP contribution is 2.27. The van der Waals surface area contributed by atoms with Crippen LogP contribution in [-0.4, -0.2) is 37.4 Å².